The van der Waals surface area contributed by atoms with Gasteiger partial charge < -0.3 is 25.2 Å². The number of amides is 2. The van der Waals surface area contributed by atoms with Crippen LogP contribution in [0.4, 0.5) is 4.79 Å². The van der Waals surface area contributed by atoms with Gasteiger partial charge in [0.2, 0.25) is 0 Å². The monoisotopic (exact) mass is 297 g/mol. The van der Waals surface area contributed by atoms with Crippen molar-refractivity contribution >= 4 is 12.0 Å². The summed E-state index contributed by atoms with van der Waals surface area (Å²) < 4.78 is 1.62. The molecule has 0 aliphatic carbocycles. The van der Waals surface area contributed by atoms with E-state index in [0.29, 0.717) is 19.6 Å². The SMILES string of the molecule is CN(C)C(C)(C)CNC(=O)NCCn1cnc(C(=O)O)c1. The van der Waals surface area contributed by atoms with E-state index in [2.05, 4.69) is 15.6 Å². The molecule has 1 aromatic rings. The van der Waals surface area contributed by atoms with Crippen molar-refractivity contribution in [2.24, 2.45) is 0 Å². The van der Waals surface area contributed by atoms with Crippen LogP contribution in [0.25, 0.3) is 0 Å². The zero-order valence-electron chi connectivity index (χ0n) is 12.9. The molecule has 0 aliphatic heterocycles. The fraction of sp³-hybridized carbons (Fsp3) is 0.615. The van der Waals surface area contributed by atoms with Gasteiger partial charge in [-0.25, -0.2) is 14.6 Å². The molecular weight excluding hydrogens is 274 g/mol. The number of hydrogen-bond acceptors (Lipinski definition) is 4. The molecule has 0 aliphatic rings. The molecule has 21 heavy (non-hydrogen) atoms. The molecule has 0 saturated heterocycles. The molecular formula is C13H23N5O3. The second kappa shape index (κ2) is 7.07. The molecule has 0 unspecified atom stereocenters. The maximum atomic E-state index is 11.7. The van der Waals surface area contributed by atoms with Gasteiger partial charge in [-0.05, 0) is 27.9 Å². The van der Waals surface area contributed by atoms with Gasteiger partial charge in [-0.3, -0.25) is 0 Å². The smallest absolute Gasteiger partial charge is 0.356 e. The molecule has 1 heterocycles. The van der Waals surface area contributed by atoms with E-state index in [1.165, 1.54) is 12.5 Å². The third-order valence-corrected chi connectivity index (χ3v) is 3.40. The van der Waals surface area contributed by atoms with Crippen LogP contribution in [0.15, 0.2) is 12.5 Å². The average molecular weight is 297 g/mol. The number of carbonyl (C=O) groups excluding carboxylic acids is 1. The summed E-state index contributed by atoms with van der Waals surface area (Å²) in [5, 5.41) is 14.3. The van der Waals surface area contributed by atoms with E-state index < -0.39 is 5.97 Å². The number of carbonyl (C=O) groups is 2. The van der Waals surface area contributed by atoms with E-state index in [9.17, 15) is 9.59 Å². The summed E-state index contributed by atoms with van der Waals surface area (Å²) in [4.78, 5) is 28.1. The number of aromatic nitrogens is 2. The fourth-order valence-electron chi connectivity index (χ4n) is 1.41. The Bertz CT molecular complexity index is 496. The number of rotatable bonds is 7. The van der Waals surface area contributed by atoms with Crippen LogP contribution in [-0.4, -0.2) is 64.3 Å². The number of carboxylic acids is 1. The molecule has 1 aromatic heterocycles. The van der Waals surface area contributed by atoms with Crippen molar-refractivity contribution < 1.29 is 14.7 Å². The molecule has 0 bridgehead atoms. The molecule has 0 atom stereocenters. The van der Waals surface area contributed by atoms with E-state index in [4.69, 9.17) is 5.11 Å². The minimum absolute atomic E-state index is 0.00724. The van der Waals surface area contributed by atoms with Gasteiger partial charge in [-0.1, -0.05) is 0 Å². The predicted octanol–water partition coefficient (Wildman–Crippen LogP) is 0.221. The Hall–Kier alpha value is -2.09. The van der Waals surface area contributed by atoms with E-state index in [1.807, 2.05) is 32.8 Å². The molecule has 0 fully saturated rings. The van der Waals surface area contributed by atoms with Crippen molar-refractivity contribution in [1.82, 2.24) is 25.1 Å². The molecule has 3 N–H and O–H groups in total. The first-order valence-corrected chi connectivity index (χ1v) is 6.66. The number of hydrogen-bond donors (Lipinski definition) is 3. The third-order valence-electron chi connectivity index (χ3n) is 3.40. The Kier molecular flexibility index (Phi) is 5.71. The Morgan fingerprint density at radius 1 is 1.38 bits per heavy atom. The minimum atomic E-state index is -1.06. The lowest BCUT2D eigenvalue weighted by atomic mass is 10.1. The average Bonchev–Trinajstić information content (AvgIpc) is 2.85. The van der Waals surface area contributed by atoms with Gasteiger partial charge in [0.15, 0.2) is 5.69 Å². The van der Waals surface area contributed by atoms with E-state index >= 15 is 0 Å². The van der Waals surface area contributed by atoms with Gasteiger partial charge in [0.05, 0.1) is 6.33 Å². The van der Waals surface area contributed by atoms with Gasteiger partial charge in [0, 0.05) is 31.4 Å². The van der Waals surface area contributed by atoms with Gasteiger partial charge >= 0.3 is 12.0 Å². The zero-order chi connectivity index (χ0) is 16.0. The fourth-order valence-corrected chi connectivity index (χ4v) is 1.41. The first-order chi connectivity index (χ1) is 9.72. The Balaban J connectivity index is 2.29. The van der Waals surface area contributed by atoms with Gasteiger partial charge in [0.1, 0.15) is 0 Å². The van der Waals surface area contributed by atoms with Crippen molar-refractivity contribution in [2.45, 2.75) is 25.9 Å². The quantitative estimate of drug-likeness (QED) is 0.668. The normalized spacial score (nSPS) is 11.5. The van der Waals surface area contributed by atoms with Crippen LogP contribution in [0.1, 0.15) is 24.3 Å². The third kappa shape index (κ3) is 5.42. The summed E-state index contributed by atoms with van der Waals surface area (Å²) in [5.74, 6) is -1.06. The van der Waals surface area contributed by atoms with Crippen LogP contribution < -0.4 is 10.6 Å². The van der Waals surface area contributed by atoms with Gasteiger partial charge in [0.25, 0.3) is 0 Å². The van der Waals surface area contributed by atoms with Crippen LogP contribution in [0.3, 0.4) is 0 Å². The first-order valence-electron chi connectivity index (χ1n) is 6.66. The maximum absolute atomic E-state index is 11.7. The van der Waals surface area contributed by atoms with Crippen molar-refractivity contribution in [3.63, 3.8) is 0 Å². The van der Waals surface area contributed by atoms with Crippen molar-refractivity contribution in [3.8, 4) is 0 Å². The van der Waals surface area contributed by atoms with Crippen LogP contribution in [0.5, 0.6) is 0 Å². The number of imidazole rings is 1. The Morgan fingerprint density at radius 2 is 2.05 bits per heavy atom. The van der Waals surface area contributed by atoms with Crippen molar-refractivity contribution in [2.75, 3.05) is 27.2 Å². The van der Waals surface area contributed by atoms with Crippen LogP contribution in [-0.2, 0) is 6.54 Å². The first kappa shape index (κ1) is 17.0. The van der Waals surface area contributed by atoms with Crippen LogP contribution >= 0.6 is 0 Å². The lowest BCUT2D eigenvalue weighted by Gasteiger charge is -2.32. The summed E-state index contributed by atoms with van der Waals surface area (Å²) >= 11 is 0. The predicted molar refractivity (Wildman–Crippen MR) is 78.4 cm³/mol. The molecule has 2 amide bonds. The molecule has 0 aromatic carbocycles. The number of carboxylic acid groups (broad SMARTS) is 1. The molecule has 8 heteroatoms. The second-order valence-corrected chi connectivity index (χ2v) is 5.62. The number of aromatic carboxylic acids is 1. The standard InChI is InChI=1S/C13H23N5O3/c1-13(2,17(3)4)8-15-12(21)14-5-6-18-7-10(11(19)20)16-9-18/h7,9H,5-6,8H2,1-4H3,(H,19,20)(H2,14,15,21). The number of nitrogens with one attached hydrogen (secondary N) is 2. The van der Waals surface area contributed by atoms with Crippen LogP contribution in [0.2, 0.25) is 0 Å². The Labute approximate surface area is 124 Å². The molecule has 8 nitrogen and oxygen atoms in total. The van der Waals surface area contributed by atoms with E-state index in [0.717, 1.165) is 0 Å². The second-order valence-electron chi connectivity index (χ2n) is 5.62. The van der Waals surface area contributed by atoms with Crippen molar-refractivity contribution in [3.05, 3.63) is 18.2 Å². The lowest BCUT2D eigenvalue weighted by molar-refractivity contribution is 0.0691. The molecule has 0 spiro atoms. The summed E-state index contributed by atoms with van der Waals surface area (Å²) in [6.45, 7) is 5.45. The highest BCUT2D eigenvalue weighted by Crippen LogP contribution is 2.07. The highest BCUT2D eigenvalue weighted by Gasteiger charge is 2.20. The van der Waals surface area contributed by atoms with E-state index in [-0.39, 0.29) is 17.3 Å². The van der Waals surface area contributed by atoms with Crippen LogP contribution in [0, 0.1) is 0 Å². The zero-order valence-corrected chi connectivity index (χ0v) is 12.9. The maximum Gasteiger partial charge on any atom is 0.356 e. The highest BCUT2D eigenvalue weighted by molar-refractivity contribution is 5.84. The number of likely N-dealkylation sites (N-methyl/N-ethyl adjacent to an activating group) is 1. The Morgan fingerprint density at radius 3 is 2.57 bits per heavy atom. The molecule has 0 saturated carbocycles. The van der Waals surface area contributed by atoms with E-state index in [1.54, 1.807) is 4.57 Å². The lowest BCUT2D eigenvalue weighted by Crippen LogP contribution is -2.50. The summed E-state index contributed by atoms with van der Waals surface area (Å²) in [6.07, 6.45) is 2.86. The molecule has 1 rings (SSSR count). The van der Waals surface area contributed by atoms with Gasteiger partial charge in [-0.15, -0.1) is 0 Å². The molecule has 0 radical (unpaired) electrons. The topological polar surface area (TPSA) is 99.5 Å². The number of urea groups is 1. The van der Waals surface area contributed by atoms with Gasteiger partial charge in [-0.2, -0.15) is 0 Å². The highest BCUT2D eigenvalue weighted by atomic mass is 16.4. The summed E-state index contributed by atoms with van der Waals surface area (Å²) in [7, 11) is 3.91. The number of nitrogens with zero attached hydrogens (tertiary/aromatic N) is 3. The molecule has 118 valence electrons. The summed E-state index contributed by atoms with van der Waals surface area (Å²) in [5.41, 5.74) is -0.134. The largest absolute Gasteiger partial charge is 0.476 e. The summed E-state index contributed by atoms with van der Waals surface area (Å²) in [6, 6.07) is -0.247. The van der Waals surface area contributed by atoms with Crippen molar-refractivity contribution in [1.29, 1.82) is 0 Å². The minimum Gasteiger partial charge on any atom is -0.476 e.